The van der Waals surface area contributed by atoms with E-state index in [0.717, 1.165) is 18.8 Å². The molecule has 4 aromatic rings. The lowest BCUT2D eigenvalue weighted by atomic mass is 9.94. The van der Waals surface area contributed by atoms with Gasteiger partial charge in [-0.1, -0.05) is 107 Å². The van der Waals surface area contributed by atoms with E-state index in [9.17, 15) is 0 Å². The van der Waals surface area contributed by atoms with Gasteiger partial charge in [0.15, 0.2) is 0 Å². The first-order chi connectivity index (χ1) is 14.4. The molecule has 0 saturated carbocycles. The molecule has 0 atom stereocenters. The van der Waals surface area contributed by atoms with Gasteiger partial charge in [-0.2, -0.15) is 0 Å². The van der Waals surface area contributed by atoms with Crippen molar-refractivity contribution < 1.29 is 4.74 Å². The SMILES string of the molecule is CCCCCCCCCCCCOc1ccc2ccc3cccc4ccc1c2c34. The van der Waals surface area contributed by atoms with Gasteiger partial charge in [-0.15, -0.1) is 0 Å². The van der Waals surface area contributed by atoms with Crippen molar-refractivity contribution in [3.05, 3.63) is 54.6 Å². The molecule has 0 spiro atoms. The van der Waals surface area contributed by atoms with Gasteiger partial charge in [-0.3, -0.25) is 0 Å². The van der Waals surface area contributed by atoms with Crippen LogP contribution >= 0.6 is 0 Å². The van der Waals surface area contributed by atoms with Gasteiger partial charge in [0.25, 0.3) is 0 Å². The Bertz CT molecular complexity index is 1020. The number of hydrogen-bond acceptors (Lipinski definition) is 1. The maximum absolute atomic E-state index is 6.24. The molecule has 0 amide bonds. The standard InChI is InChI=1S/C28H34O/c1-2-3-4-5-6-7-8-9-10-11-21-29-26-20-18-24-16-15-22-13-12-14-23-17-19-25(26)28(24)27(22)23/h12-20H,2-11,21H2,1H3. The van der Waals surface area contributed by atoms with Crippen molar-refractivity contribution in [2.45, 2.75) is 71.1 Å². The Morgan fingerprint density at radius 3 is 1.79 bits per heavy atom. The number of rotatable bonds is 12. The molecule has 0 aromatic heterocycles. The minimum absolute atomic E-state index is 0.820. The van der Waals surface area contributed by atoms with Crippen molar-refractivity contribution in [2.24, 2.45) is 0 Å². The summed E-state index contributed by atoms with van der Waals surface area (Å²) in [5.74, 6) is 1.03. The molecule has 1 nitrogen and oxygen atoms in total. The first-order valence-corrected chi connectivity index (χ1v) is 11.7. The normalized spacial score (nSPS) is 11.8. The van der Waals surface area contributed by atoms with Crippen molar-refractivity contribution in [3.8, 4) is 5.75 Å². The number of ether oxygens (including phenoxy) is 1. The van der Waals surface area contributed by atoms with Gasteiger partial charge >= 0.3 is 0 Å². The Morgan fingerprint density at radius 2 is 1.10 bits per heavy atom. The van der Waals surface area contributed by atoms with Gasteiger partial charge in [-0.05, 0) is 40.1 Å². The van der Waals surface area contributed by atoms with E-state index < -0.39 is 0 Å². The third-order valence-corrected chi connectivity index (χ3v) is 6.24. The molecule has 0 saturated heterocycles. The second-order valence-corrected chi connectivity index (χ2v) is 8.45. The smallest absolute Gasteiger partial charge is 0.127 e. The molecule has 1 heteroatoms. The van der Waals surface area contributed by atoms with Gasteiger partial charge in [0.2, 0.25) is 0 Å². The Morgan fingerprint density at radius 1 is 0.552 bits per heavy atom. The molecule has 0 aliphatic rings. The maximum atomic E-state index is 6.24. The highest BCUT2D eigenvalue weighted by Crippen LogP contribution is 2.38. The van der Waals surface area contributed by atoms with Crippen LogP contribution in [0.2, 0.25) is 0 Å². The van der Waals surface area contributed by atoms with Gasteiger partial charge in [0.05, 0.1) is 6.61 Å². The van der Waals surface area contributed by atoms with Crippen molar-refractivity contribution >= 4 is 32.3 Å². The van der Waals surface area contributed by atoms with E-state index in [1.807, 2.05) is 0 Å². The average molecular weight is 387 g/mol. The van der Waals surface area contributed by atoms with Crippen LogP contribution in [0, 0.1) is 0 Å². The van der Waals surface area contributed by atoms with Gasteiger partial charge in [0, 0.05) is 10.8 Å². The lowest BCUT2D eigenvalue weighted by Crippen LogP contribution is -1.98. The van der Waals surface area contributed by atoms with Crippen LogP contribution in [0.15, 0.2) is 54.6 Å². The minimum Gasteiger partial charge on any atom is -0.493 e. The van der Waals surface area contributed by atoms with Crippen LogP contribution in [-0.4, -0.2) is 6.61 Å². The fourth-order valence-electron chi connectivity index (χ4n) is 4.61. The summed E-state index contributed by atoms with van der Waals surface area (Å²) < 4.78 is 6.24. The Kier molecular flexibility index (Phi) is 6.87. The van der Waals surface area contributed by atoms with Crippen LogP contribution in [0.1, 0.15) is 71.1 Å². The highest BCUT2D eigenvalue weighted by molar-refractivity contribution is 6.24. The molecule has 0 aliphatic heterocycles. The summed E-state index contributed by atoms with van der Waals surface area (Å²) in [5.41, 5.74) is 0. The lowest BCUT2D eigenvalue weighted by molar-refractivity contribution is 0.307. The van der Waals surface area contributed by atoms with E-state index >= 15 is 0 Å². The van der Waals surface area contributed by atoms with Gasteiger partial charge < -0.3 is 4.74 Å². The average Bonchev–Trinajstić information content (AvgIpc) is 2.76. The summed E-state index contributed by atoms with van der Waals surface area (Å²) in [6, 6.07) is 19.8. The predicted molar refractivity (Wildman–Crippen MR) is 127 cm³/mol. The Hall–Kier alpha value is -2.28. The van der Waals surface area contributed by atoms with Crippen molar-refractivity contribution in [2.75, 3.05) is 6.61 Å². The quantitative estimate of drug-likeness (QED) is 0.174. The largest absolute Gasteiger partial charge is 0.493 e. The molecule has 0 fully saturated rings. The minimum atomic E-state index is 0.820. The second-order valence-electron chi connectivity index (χ2n) is 8.45. The van der Waals surface area contributed by atoms with E-state index in [1.165, 1.54) is 90.1 Å². The van der Waals surface area contributed by atoms with Crippen molar-refractivity contribution in [1.29, 1.82) is 0 Å². The zero-order chi connectivity index (χ0) is 19.9. The maximum Gasteiger partial charge on any atom is 0.127 e. The zero-order valence-electron chi connectivity index (χ0n) is 17.9. The summed E-state index contributed by atoms with van der Waals surface area (Å²) in [4.78, 5) is 0. The summed E-state index contributed by atoms with van der Waals surface area (Å²) in [7, 11) is 0. The van der Waals surface area contributed by atoms with E-state index in [4.69, 9.17) is 4.74 Å². The zero-order valence-corrected chi connectivity index (χ0v) is 17.9. The molecule has 29 heavy (non-hydrogen) atoms. The molecule has 0 N–H and O–H groups in total. The molecule has 0 bridgehead atoms. The molecule has 4 aromatic carbocycles. The molecule has 0 heterocycles. The summed E-state index contributed by atoms with van der Waals surface area (Å²) >= 11 is 0. The monoisotopic (exact) mass is 386 g/mol. The van der Waals surface area contributed by atoms with E-state index in [0.29, 0.717) is 0 Å². The molecule has 0 unspecified atom stereocenters. The molecule has 0 radical (unpaired) electrons. The fraction of sp³-hybridized carbons (Fsp3) is 0.429. The lowest BCUT2D eigenvalue weighted by Gasteiger charge is -2.14. The van der Waals surface area contributed by atoms with Gasteiger partial charge in [-0.25, -0.2) is 0 Å². The molecular formula is C28H34O. The van der Waals surface area contributed by atoms with Gasteiger partial charge in [0.1, 0.15) is 5.75 Å². The first kappa shape index (κ1) is 20.0. The van der Waals surface area contributed by atoms with Crippen LogP contribution in [0.4, 0.5) is 0 Å². The van der Waals surface area contributed by atoms with Crippen LogP contribution in [-0.2, 0) is 0 Å². The van der Waals surface area contributed by atoms with Crippen LogP contribution in [0.25, 0.3) is 32.3 Å². The topological polar surface area (TPSA) is 9.23 Å². The summed E-state index contributed by atoms with van der Waals surface area (Å²) in [5, 5.41) is 7.89. The van der Waals surface area contributed by atoms with Crippen LogP contribution < -0.4 is 4.74 Å². The van der Waals surface area contributed by atoms with E-state index in [1.54, 1.807) is 0 Å². The number of unbranched alkanes of at least 4 members (excludes halogenated alkanes) is 9. The molecule has 152 valence electrons. The highest BCUT2D eigenvalue weighted by Gasteiger charge is 2.11. The Labute approximate surface area is 175 Å². The number of hydrogen-bond donors (Lipinski definition) is 0. The Balaban J connectivity index is 1.30. The van der Waals surface area contributed by atoms with E-state index in [-0.39, 0.29) is 0 Å². The third-order valence-electron chi connectivity index (χ3n) is 6.24. The van der Waals surface area contributed by atoms with E-state index in [2.05, 4.69) is 61.5 Å². The molecular weight excluding hydrogens is 352 g/mol. The van der Waals surface area contributed by atoms with Crippen LogP contribution in [0.5, 0.6) is 5.75 Å². The predicted octanol–water partition coefficient (Wildman–Crippen LogP) is 8.88. The van der Waals surface area contributed by atoms with Crippen molar-refractivity contribution in [3.63, 3.8) is 0 Å². The number of benzene rings is 4. The fourth-order valence-corrected chi connectivity index (χ4v) is 4.61. The highest BCUT2D eigenvalue weighted by atomic mass is 16.5. The molecule has 0 aliphatic carbocycles. The third kappa shape index (κ3) is 4.66. The van der Waals surface area contributed by atoms with Crippen molar-refractivity contribution in [1.82, 2.24) is 0 Å². The van der Waals surface area contributed by atoms with Crippen LogP contribution in [0.3, 0.4) is 0 Å². The summed E-state index contributed by atoms with van der Waals surface area (Å²) in [6.45, 7) is 3.10. The summed E-state index contributed by atoms with van der Waals surface area (Å²) in [6.07, 6.45) is 13.6. The second kappa shape index (κ2) is 9.96. The first-order valence-electron chi connectivity index (χ1n) is 11.7. The molecule has 4 rings (SSSR count).